The summed E-state index contributed by atoms with van der Waals surface area (Å²) in [5, 5.41) is 2.72. The van der Waals surface area contributed by atoms with Crippen LogP contribution in [0.5, 0.6) is 11.5 Å². The summed E-state index contributed by atoms with van der Waals surface area (Å²) in [4.78, 5) is 11.7. The Hall–Kier alpha value is -3.73. The van der Waals surface area contributed by atoms with Crippen LogP contribution in [0.25, 0.3) is 0 Å². The Bertz CT molecular complexity index is 1260. The van der Waals surface area contributed by atoms with Gasteiger partial charge in [-0.15, -0.1) is 13.2 Å². The Morgan fingerprint density at radius 2 is 1.55 bits per heavy atom. The number of halogens is 3. The number of rotatable bonds is 7. The zero-order valence-corrected chi connectivity index (χ0v) is 18.3. The Labute approximate surface area is 188 Å². The molecule has 3 aromatic rings. The second kappa shape index (κ2) is 9.41. The van der Waals surface area contributed by atoms with E-state index < -0.39 is 27.0 Å². The van der Waals surface area contributed by atoms with Crippen molar-refractivity contribution in [3.8, 4) is 11.5 Å². The summed E-state index contributed by atoms with van der Waals surface area (Å²) in [7, 11) is -3.20. The molecule has 0 unspecified atom stereocenters. The van der Waals surface area contributed by atoms with Gasteiger partial charge in [0.15, 0.2) is 0 Å². The largest absolute Gasteiger partial charge is 0.573 e. The Balaban J connectivity index is 1.92. The number of carbonyl (C=O) groups is 1. The first kappa shape index (κ1) is 23.9. The highest BCUT2D eigenvalue weighted by atomic mass is 32.2. The van der Waals surface area contributed by atoms with Crippen molar-refractivity contribution in [3.05, 3.63) is 77.9 Å². The molecule has 3 rings (SSSR count). The van der Waals surface area contributed by atoms with Crippen LogP contribution >= 0.6 is 0 Å². The fourth-order valence-electron chi connectivity index (χ4n) is 2.94. The van der Waals surface area contributed by atoms with E-state index in [0.29, 0.717) is 16.8 Å². The quantitative estimate of drug-likeness (QED) is 0.499. The molecule has 0 aromatic heterocycles. The second-order valence-electron chi connectivity index (χ2n) is 6.79. The van der Waals surface area contributed by atoms with Crippen molar-refractivity contribution in [3.63, 3.8) is 0 Å². The minimum absolute atomic E-state index is 0.0329. The molecular formula is C22H19F3N2O5S. The molecule has 0 fully saturated rings. The molecule has 0 spiro atoms. The first-order chi connectivity index (χ1) is 15.5. The summed E-state index contributed by atoms with van der Waals surface area (Å²) < 4.78 is 75.1. The van der Waals surface area contributed by atoms with Crippen LogP contribution in [0.15, 0.2) is 71.6 Å². The summed E-state index contributed by atoms with van der Waals surface area (Å²) in [6.07, 6.45) is -5.07. The van der Waals surface area contributed by atoms with E-state index in [2.05, 4.69) is 14.8 Å². The summed E-state index contributed by atoms with van der Waals surface area (Å²) in [6.45, 7) is 1.62. The Morgan fingerprint density at radius 1 is 0.909 bits per heavy atom. The molecule has 0 aliphatic carbocycles. The number of carbonyl (C=O) groups excluding carboxylic acids is 1. The minimum Gasteiger partial charge on any atom is -0.494 e. The minimum atomic E-state index is -5.07. The van der Waals surface area contributed by atoms with Crippen molar-refractivity contribution >= 4 is 27.3 Å². The number of hydrogen-bond acceptors (Lipinski definition) is 5. The molecule has 33 heavy (non-hydrogen) atoms. The average molecular weight is 480 g/mol. The second-order valence-corrected chi connectivity index (χ2v) is 8.44. The first-order valence-electron chi connectivity index (χ1n) is 9.43. The van der Waals surface area contributed by atoms with Crippen molar-refractivity contribution in [2.45, 2.75) is 18.2 Å². The number of ether oxygens (including phenoxy) is 2. The maximum absolute atomic E-state index is 12.9. The molecule has 7 nitrogen and oxygen atoms in total. The number of nitrogens with one attached hydrogen (secondary N) is 2. The van der Waals surface area contributed by atoms with Crippen LogP contribution in [0.2, 0.25) is 0 Å². The van der Waals surface area contributed by atoms with E-state index in [1.54, 1.807) is 37.3 Å². The fraction of sp³-hybridized carbons (Fsp3) is 0.136. The molecule has 3 aromatic carbocycles. The highest BCUT2D eigenvalue weighted by Crippen LogP contribution is 2.35. The molecule has 0 bridgehead atoms. The lowest BCUT2D eigenvalue weighted by molar-refractivity contribution is -0.275. The van der Waals surface area contributed by atoms with E-state index in [9.17, 15) is 26.4 Å². The van der Waals surface area contributed by atoms with Gasteiger partial charge in [-0.2, -0.15) is 0 Å². The number of anilines is 2. The standard InChI is InChI=1S/C22H19F3N2O5S/c1-14-12-17(19(31-2)13-16(14)26-21(28)15-8-4-3-5-9-15)27-33(29,30)20-11-7-6-10-18(20)32-22(23,24)25/h3-13,27H,1-2H3,(H,26,28). The van der Waals surface area contributed by atoms with Crippen molar-refractivity contribution in [2.24, 2.45) is 0 Å². The van der Waals surface area contributed by atoms with Gasteiger partial charge in [0.25, 0.3) is 15.9 Å². The lowest BCUT2D eigenvalue weighted by Gasteiger charge is -2.17. The number of sulfonamides is 1. The van der Waals surface area contributed by atoms with Gasteiger partial charge in [-0.05, 0) is 42.8 Å². The van der Waals surface area contributed by atoms with Gasteiger partial charge in [0, 0.05) is 17.3 Å². The normalized spacial score (nSPS) is 11.5. The zero-order chi connectivity index (χ0) is 24.2. The first-order valence-corrected chi connectivity index (χ1v) is 10.9. The summed E-state index contributed by atoms with van der Waals surface area (Å²) in [5.41, 5.74) is 1.23. The highest BCUT2D eigenvalue weighted by Gasteiger charge is 2.34. The van der Waals surface area contributed by atoms with Gasteiger partial charge < -0.3 is 14.8 Å². The number of alkyl halides is 3. The van der Waals surface area contributed by atoms with E-state index >= 15 is 0 Å². The van der Waals surface area contributed by atoms with Crippen LogP contribution in [0, 0.1) is 6.92 Å². The number of para-hydroxylation sites is 1. The third kappa shape index (κ3) is 5.95. The number of aryl methyl sites for hydroxylation is 1. The van der Waals surface area contributed by atoms with Crippen LogP contribution < -0.4 is 19.5 Å². The third-order valence-electron chi connectivity index (χ3n) is 4.44. The summed E-state index contributed by atoms with van der Waals surface area (Å²) >= 11 is 0. The summed E-state index contributed by atoms with van der Waals surface area (Å²) in [6, 6.07) is 15.6. The van der Waals surface area contributed by atoms with E-state index in [4.69, 9.17) is 4.74 Å². The lowest BCUT2D eigenvalue weighted by Crippen LogP contribution is -2.21. The van der Waals surface area contributed by atoms with Crippen LogP contribution in [0.4, 0.5) is 24.5 Å². The smallest absolute Gasteiger partial charge is 0.494 e. The number of methoxy groups -OCH3 is 1. The molecule has 0 aliphatic heterocycles. The molecule has 0 heterocycles. The molecule has 11 heteroatoms. The fourth-order valence-corrected chi connectivity index (χ4v) is 4.13. The maximum Gasteiger partial charge on any atom is 0.573 e. The molecule has 174 valence electrons. The maximum atomic E-state index is 12.9. The summed E-state index contributed by atoms with van der Waals surface area (Å²) in [5.74, 6) is -1.21. The SMILES string of the molecule is COc1cc(NC(=O)c2ccccc2)c(C)cc1NS(=O)(=O)c1ccccc1OC(F)(F)F. The molecule has 0 radical (unpaired) electrons. The molecule has 0 saturated heterocycles. The van der Waals surface area contributed by atoms with Crippen molar-refractivity contribution in [1.29, 1.82) is 0 Å². The van der Waals surface area contributed by atoms with Gasteiger partial charge in [0.2, 0.25) is 0 Å². The van der Waals surface area contributed by atoms with Gasteiger partial charge in [-0.1, -0.05) is 30.3 Å². The molecule has 2 N–H and O–H groups in total. The van der Waals surface area contributed by atoms with Crippen LogP contribution in [-0.4, -0.2) is 27.8 Å². The topological polar surface area (TPSA) is 93.7 Å². The molecule has 0 aliphatic rings. The average Bonchev–Trinajstić information content (AvgIpc) is 2.75. The van der Waals surface area contributed by atoms with Crippen molar-refractivity contribution in [1.82, 2.24) is 0 Å². The molecule has 1 amide bonds. The van der Waals surface area contributed by atoms with Crippen molar-refractivity contribution in [2.75, 3.05) is 17.1 Å². The molecule has 0 atom stereocenters. The monoisotopic (exact) mass is 480 g/mol. The third-order valence-corrected chi connectivity index (χ3v) is 5.84. The van der Waals surface area contributed by atoms with Crippen LogP contribution in [0.1, 0.15) is 15.9 Å². The number of hydrogen-bond donors (Lipinski definition) is 2. The van der Waals surface area contributed by atoms with Gasteiger partial charge in [0.1, 0.15) is 16.4 Å². The predicted molar refractivity (Wildman–Crippen MR) is 116 cm³/mol. The van der Waals surface area contributed by atoms with Crippen LogP contribution in [-0.2, 0) is 10.0 Å². The van der Waals surface area contributed by atoms with Gasteiger partial charge in [0.05, 0.1) is 12.8 Å². The van der Waals surface area contributed by atoms with E-state index in [1.165, 1.54) is 31.4 Å². The Kier molecular flexibility index (Phi) is 6.82. The van der Waals surface area contributed by atoms with Gasteiger partial charge in [-0.3, -0.25) is 9.52 Å². The number of amides is 1. The zero-order valence-electron chi connectivity index (χ0n) is 17.4. The lowest BCUT2D eigenvalue weighted by atomic mass is 10.1. The number of benzene rings is 3. The van der Waals surface area contributed by atoms with E-state index in [-0.39, 0.29) is 17.3 Å². The van der Waals surface area contributed by atoms with Gasteiger partial charge >= 0.3 is 6.36 Å². The van der Waals surface area contributed by atoms with Gasteiger partial charge in [-0.25, -0.2) is 8.42 Å². The van der Waals surface area contributed by atoms with Crippen LogP contribution in [0.3, 0.4) is 0 Å². The van der Waals surface area contributed by atoms with E-state index in [0.717, 1.165) is 12.1 Å². The Morgan fingerprint density at radius 3 is 2.18 bits per heavy atom. The molecular weight excluding hydrogens is 461 g/mol. The predicted octanol–water partition coefficient (Wildman–Crippen LogP) is 4.96. The molecule has 0 saturated carbocycles. The van der Waals surface area contributed by atoms with E-state index in [1.807, 2.05) is 0 Å². The highest BCUT2D eigenvalue weighted by molar-refractivity contribution is 7.92. The van der Waals surface area contributed by atoms with Crippen molar-refractivity contribution < 1.29 is 35.9 Å².